The smallest absolute Gasteiger partial charge is 0.242 e. The van der Waals surface area contributed by atoms with Crippen molar-refractivity contribution in [3.63, 3.8) is 0 Å². The number of hydrogen-bond donors (Lipinski definition) is 3. The Labute approximate surface area is 157 Å². The molecule has 1 fully saturated rings. The average Bonchev–Trinajstić information content (AvgIpc) is 2.75. The molecule has 1 aliphatic rings. The van der Waals surface area contributed by atoms with Gasteiger partial charge in [0.1, 0.15) is 23.7 Å². The fourth-order valence-corrected chi connectivity index (χ4v) is 3.13. The van der Waals surface area contributed by atoms with Gasteiger partial charge in [0, 0.05) is 12.6 Å². The maximum Gasteiger partial charge on any atom is 0.242 e. The molecule has 1 saturated heterocycles. The predicted molar refractivity (Wildman–Crippen MR) is 95.6 cm³/mol. The Morgan fingerprint density at radius 3 is 2.56 bits per heavy atom. The van der Waals surface area contributed by atoms with Crippen LogP contribution in [0.2, 0.25) is 0 Å². The summed E-state index contributed by atoms with van der Waals surface area (Å²) in [7, 11) is 0. The minimum atomic E-state index is -0.882. The van der Waals surface area contributed by atoms with Crippen molar-refractivity contribution in [1.82, 2.24) is 16.0 Å². The van der Waals surface area contributed by atoms with E-state index in [1.165, 1.54) is 6.92 Å². The first-order valence-electron chi connectivity index (χ1n) is 9.11. The Hall–Kier alpha value is -2.51. The van der Waals surface area contributed by atoms with Crippen LogP contribution in [0.25, 0.3) is 0 Å². The van der Waals surface area contributed by atoms with Crippen LogP contribution in [-0.2, 0) is 20.8 Å². The maximum absolute atomic E-state index is 13.2. The zero-order chi connectivity index (χ0) is 20.0. The van der Waals surface area contributed by atoms with E-state index >= 15 is 0 Å². The van der Waals surface area contributed by atoms with Crippen molar-refractivity contribution >= 4 is 17.7 Å². The summed E-state index contributed by atoms with van der Waals surface area (Å²) in [5, 5.41) is 7.93. The molecule has 1 heterocycles. The van der Waals surface area contributed by atoms with Crippen molar-refractivity contribution in [3.8, 4) is 0 Å². The number of halogens is 2. The van der Waals surface area contributed by atoms with Gasteiger partial charge in [-0.2, -0.15) is 0 Å². The molecule has 1 aliphatic heterocycles. The molecule has 1 aromatic carbocycles. The lowest BCUT2D eigenvalue weighted by Crippen LogP contribution is -2.52. The normalized spacial score (nSPS) is 21.0. The van der Waals surface area contributed by atoms with E-state index in [1.807, 2.05) is 6.92 Å². The van der Waals surface area contributed by atoms with Gasteiger partial charge in [0.25, 0.3) is 0 Å². The molecular weight excluding hydrogens is 356 g/mol. The molecule has 0 radical (unpaired) electrons. The highest BCUT2D eigenvalue weighted by atomic mass is 19.1. The highest BCUT2D eigenvalue weighted by Gasteiger charge is 2.28. The Bertz CT molecular complexity index is 691. The van der Waals surface area contributed by atoms with Gasteiger partial charge in [-0.3, -0.25) is 14.4 Å². The first kappa shape index (κ1) is 20.8. The van der Waals surface area contributed by atoms with E-state index in [4.69, 9.17) is 0 Å². The maximum atomic E-state index is 13.2. The summed E-state index contributed by atoms with van der Waals surface area (Å²) in [6.07, 6.45) is 2.08. The van der Waals surface area contributed by atoms with Crippen molar-refractivity contribution in [3.05, 3.63) is 35.4 Å². The molecule has 148 valence electrons. The van der Waals surface area contributed by atoms with Gasteiger partial charge in [0.05, 0.1) is 6.42 Å². The third kappa shape index (κ3) is 6.30. The standard InChI is InChI=1S/C19H25F2N3O3/c1-3-12-4-5-22-19(27)16(8-12)24-18(26)11(2)23-17(25)9-13-6-14(20)10-15(21)7-13/h6-7,10-12,16H,3-5,8-9H2,1-2H3,(H,22,27)(H,23,25)(H,24,26). The second-order valence-electron chi connectivity index (χ2n) is 6.89. The highest BCUT2D eigenvalue weighted by Crippen LogP contribution is 2.18. The number of nitrogens with one attached hydrogen (secondary N) is 3. The Kier molecular flexibility index (Phi) is 7.27. The van der Waals surface area contributed by atoms with E-state index < -0.39 is 35.5 Å². The van der Waals surface area contributed by atoms with Gasteiger partial charge in [-0.25, -0.2) is 8.78 Å². The molecule has 0 bridgehead atoms. The van der Waals surface area contributed by atoms with Crippen molar-refractivity contribution in [2.24, 2.45) is 5.92 Å². The van der Waals surface area contributed by atoms with Crippen LogP contribution in [0.15, 0.2) is 18.2 Å². The number of rotatable bonds is 6. The van der Waals surface area contributed by atoms with Crippen molar-refractivity contribution in [2.45, 2.75) is 51.6 Å². The number of hydrogen-bond acceptors (Lipinski definition) is 3. The first-order valence-corrected chi connectivity index (χ1v) is 9.11. The molecule has 1 aromatic rings. The predicted octanol–water partition coefficient (Wildman–Crippen LogP) is 1.43. The molecule has 0 aromatic heterocycles. The fraction of sp³-hybridized carbons (Fsp3) is 0.526. The number of carbonyl (C=O) groups excluding carboxylic acids is 3. The summed E-state index contributed by atoms with van der Waals surface area (Å²) in [6, 6.07) is 1.33. The number of carbonyl (C=O) groups is 3. The van der Waals surface area contributed by atoms with Gasteiger partial charge in [-0.1, -0.05) is 13.3 Å². The summed E-state index contributed by atoms with van der Waals surface area (Å²) in [6.45, 7) is 4.11. The summed E-state index contributed by atoms with van der Waals surface area (Å²) in [4.78, 5) is 36.5. The topological polar surface area (TPSA) is 87.3 Å². The van der Waals surface area contributed by atoms with E-state index in [2.05, 4.69) is 16.0 Å². The molecule has 0 saturated carbocycles. The Balaban J connectivity index is 1.90. The number of amides is 3. The van der Waals surface area contributed by atoms with Gasteiger partial charge >= 0.3 is 0 Å². The lowest BCUT2D eigenvalue weighted by Gasteiger charge is -2.21. The SMILES string of the molecule is CCC1CCNC(=O)C(NC(=O)C(C)NC(=O)Cc2cc(F)cc(F)c2)C1. The van der Waals surface area contributed by atoms with Crippen LogP contribution in [0.4, 0.5) is 8.78 Å². The van der Waals surface area contributed by atoms with Crippen molar-refractivity contribution < 1.29 is 23.2 Å². The van der Waals surface area contributed by atoms with Gasteiger partial charge in [-0.15, -0.1) is 0 Å². The molecule has 2 rings (SSSR count). The van der Waals surface area contributed by atoms with Crippen LogP contribution in [0.3, 0.4) is 0 Å². The van der Waals surface area contributed by atoms with Gasteiger partial charge in [0.15, 0.2) is 0 Å². The van der Waals surface area contributed by atoms with Gasteiger partial charge < -0.3 is 16.0 Å². The average molecular weight is 381 g/mol. The molecular formula is C19H25F2N3O3. The molecule has 3 amide bonds. The Morgan fingerprint density at radius 2 is 1.93 bits per heavy atom. The summed E-state index contributed by atoms with van der Waals surface area (Å²) in [5.74, 6) is -2.46. The second kappa shape index (κ2) is 9.43. The highest BCUT2D eigenvalue weighted by molar-refractivity contribution is 5.92. The largest absolute Gasteiger partial charge is 0.354 e. The van der Waals surface area contributed by atoms with E-state index in [9.17, 15) is 23.2 Å². The molecule has 3 atom stereocenters. The molecule has 27 heavy (non-hydrogen) atoms. The van der Waals surface area contributed by atoms with Crippen LogP contribution in [0, 0.1) is 17.6 Å². The number of benzene rings is 1. The summed E-state index contributed by atoms with van der Waals surface area (Å²) < 4.78 is 26.4. The van der Waals surface area contributed by atoms with E-state index in [1.54, 1.807) is 0 Å². The zero-order valence-electron chi connectivity index (χ0n) is 15.5. The summed E-state index contributed by atoms with van der Waals surface area (Å²) >= 11 is 0. The van der Waals surface area contributed by atoms with Crippen molar-refractivity contribution in [1.29, 1.82) is 0 Å². The quantitative estimate of drug-likeness (QED) is 0.697. The van der Waals surface area contributed by atoms with Crippen LogP contribution < -0.4 is 16.0 Å². The summed E-state index contributed by atoms with van der Waals surface area (Å²) in [5.41, 5.74) is 0.173. The second-order valence-corrected chi connectivity index (χ2v) is 6.89. The minimum absolute atomic E-state index is 0.173. The van der Waals surface area contributed by atoms with E-state index in [-0.39, 0.29) is 17.9 Å². The van der Waals surface area contributed by atoms with Crippen LogP contribution >= 0.6 is 0 Å². The third-order valence-electron chi connectivity index (χ3n) is 4.69. The Morgan fingerprint density at radius 1 is 1.26 bits per heavy atom. The monoisotopic (exact) mass is 381 g/mol. The van der Waals surface area contributed by atoms with Crippen LogP contribution in [0.1, 0.15) is 38.7 Å². The van der Waals surface area contributed by atoms with E-state index in [0.29, 0.717) is 18.9 Å². The lowest BCUT2D eigenvalue weighted by atomic mass is 9.95. The van der Waals surface area contributed by atoms with E-state index in [0.717, 1.165) is 31.0 Å². The molecule has 0 aliphatic carbocycles. The van der Waals surface area contributed by atoms with Crippen molar-refractivity contribution in [2.75, 3.05) is 6.54 Å². The molecule has 3 unspecified atom stereocenters. The molecule has 8 heteroatoms. The lowest BCUT2D eigenvalue weighted by molar-refractivity contribution is -0.131. The van der Waals surface area contributed by atoms with Gasteiger partial charge in [-0.05, 0) is 43.4 Å². The molecule has 0 spiro atoms. The third-order valence-corrected chi connectivity index (χ3v) is 4.69. The fourth-order valence-electron chi connectivity index (χ4n) is 3.13. The van der Waals surface area contributed by atoms with Crippen LogP contribution in [-0.4, -0.2) is 36.3 Å². The minimum Gasteiger partial charge on any atom is -0.354 e. The van der Waals surface area contributed by atoms with Crippen LogP contribution in [0.5, 0.6) is 0 Å². The molecule has 6 nitrogen and oxygen atoms in total. The molecule has 3 N–H and O–H groups in total. The van der Waals surface area contributed by atoms with Gasteiger partial charge in [0.2, 0.25) is 17.7 Å². The first-order chi connectivity index (χ1) is 12.8. The zero-order valence-corrected chi connectivity index (χ0v) is 15.5.